The van der Waals surface area contributed by atoms with E-state index < -0.39 is 18.3 Å². The molecule has 14 heteroatoms. The normalized spacial score (nSPS) is 8.76. The Labute approximate surface area is 202 Å². The van der Waals surface area contributed by atoms with Crippen LogP contribution in [0.5, 0.6) is 0 Å². The molecule has 0 aromatic rings. The van der Waals surface area contributed by atoms with Gasteiger partial charge in [0, 0.05) is 13.0 Å². The fraction of sp³-hybridized carbons (Fsp3) is 0.800. The second kappa shape index (κ2) is 34.8. The Hall–Kier alpha value is -2.84. The summed E-state index contributed by atoms with van der Waals surface area (Å²) in [5, 5.41) is 4.65. The van der Waals surface area contributed by atoms with Gasteiger partial charge in [0.15, 0.2) is 0 Å². The van der Waals surface area contributed by atoms with Crippen LogP contribution in [0.15, 0.2) is 0 Å². The number of nitrogens with two attached hydrogens (primary N) is 5. The molecule has 0 bridgehead atoms. The van der Waals surface area contributed by atoms with E-state index in [9.17, 15) is 19.2 Å². The fourth-order valence-corrected chi connectivity index (χ4v) is 1.26. The van der Waals surface area contributed by atoms with E-state index in [4.69, 9.17) is 22.9 Å². The highest BCUT2D eigenvalue weighted by Crippen LogP contribution is 1.80. The Morgan fingerprint density at radius 2 is 1.03 bits per heavy atom. The maximum absolute atomic E-state index is 11.0. The predicted molar refractivity (Wildman–Crippen MR) is 131 cm³/mol. The van der Waals surface area contributed by atoms with Crippen molar-refractivity contribution in [3.05, 3.63) is 0 Å². The Morgan fingerprint density at radius 1 is 0.647 bits per heavy atom. The monoisotopic (exact) mass is 497 g/mol. The Balaban J connectivity index is -0.000000242. The number of hydrogen-bond donors (Lipinski definition) is 7. The molecule has 4 amide bonds. The molecular weight excluding hydrogens is 450 g/mol. The zero-order chi connectivity index (χ0) is 27.0. The molecule has 0 aromatic carbocycles. The van der Waals surface area contributed by atoms with Crippen LogP contribution >= 0.6 is 0 Å². The van der Waals surface area contributed by atoms with Crippen molar-refractivity contribution in [2.75, 3.05) is 52.5 Å². The van der Waals surface area contributed by atoms with Crippen LogP contribution in [-0.4, -0.2) is 76.7 Å². The maximum atomic E-state index is 11.0. The van der Waals surface area contributed by atoms with Gasteiger partial charge in [-0.3, -0.25) is 4.79 Å². The second-order valence-electron chi connectivity index (χ2n) is 6.19. The van der Waals surface area contributed by atoms with Crippen molar-refractivity contribution in [1.82, 2.24) is 10.6 Å². The molecule has 0 aliphatic rings. The smallest absolute Gasteiger partial charge is 0.407 e. The lowest BCUT2D eigenvalue weighted by Gasteiger charge is -2.08. The van der Waals surface area contributed by atoms with Crippen molar-refractivity contribution >= 4 is 24.2 Å². The van der Waals surface area contributed by atoms with Gasteiger partial charge in [-0.1, -0.05) is 33.6 Å². The maximum Gasteiger partial charge on any atom is 0.407 e. The molecule has 0 aliphatic carbocycles. The molecule has 14 nitrogen and oxygen atoms in total. The van der Waals surface area contributed by atoms with Crippen LogP contribution in [0, 0.1) is 0 Å². The molecule has 0 spiro atoms. The molecule has 0 rings (SSSR count). The van der Waals surface area contributed by atoms with Crippen LogP contribution in [0.25, 0.3) is 0 Å². The Kier molecular flexibility index (Phi) is 39.3. The summed E-state index contributed by atoms with van der Waals surface area (Å²) in [7, 11) is 0. The number of rotatable bonds is 13. The molecular formula is C20H47N7O7. The third-order valence-electron chi connectivity index (χ3n) is 3.04. The molecule has 0 saturated heterocycles. The van der Waals surface area contributed by atoms with E-state index in [0.29, 0.717) is 6.42 Å². The van der Waals surface area contributed by atoms with E-state index in [1.165, 1.54) is 25.7 Å². The molecule has 0 aliphatic heterocycles. The van der Waals surface area contributed by atoms with Gasteiger partial charge in [0.2, 0.25) is 5.91 Å². The SMILES string of the molecule is CCC(N)=O.CCCCN.CCCCN.NCCOC(=O)NCCOC(=O)NCCOC(N)=O. The molecule has 0 aromatic heterocycles. The molecule has 0 fully saturated rings. The largest absolute Gasteiger partial charge is 0.448 e. The quantitative estimate of drug-likeness (QED) is 0.131. The Bertz CT molecular complexity index is 474. The van der Waals surface area contributed by atoms with E-state index in [2.05, 4.69) is 44.4 Å². The first-order valence-electron chi connectivity index (χ1n) is 11.3. The van der Waals surface area contributed by atoms with Crippen LogP contribution in [0.2, 0.25) is 0 Å². The molecule has 0 unspecified atom stereocenters. The second-order valence-corrected chi connectivity index (χ2v) is 6.19. The third-order valence-corrected chi connectivity index (χ3v) is 3.04. The summed E-state index contributed by atoms with van der Waals surface area (Å²) in [6.45, 7) is 8.14. The van der Waals surface area contributed by atoms with Crippen LogP contribution in [-0.2, 0) is 19.0 Å². The number of carbonyl (C=O) groups excluding carboxylic acids is 4. The lowest BCUT2D eigenvalue weighted by Crippen LogP contribution is -2.33. The molecule has 0 heterocycles. The number of carbonyl (C=O) groups is 4. The zero-order valence-corrected chi connectivity index (χ0v) is 20.9. The summed E-state index contributed by atoms with van der Waals surface area (Å²) < 4.78 is 13.7. The average Bonchev–Trinajstić information content (AvgIpc) is 2.80. The van der Waals surface area contributed by atoms with E-state index >= 15 is 0 Å². The van der Waals surface area contributed by atoms with Crippen LogP contribution in [0.3, 0.4) is 0 Å². The van der Waals surface area contributed by atoms with Gasteiger partial charge in [0.1, 0.15) is 19.8 Å². The first kappa shape index (κ1) is 38.4. The van der Waals surface area contributed by atoms with Crippen molar-refractivity contribution in [3.63, 3.8) is 0 Å². The zero-order valence-electron chi connectivity index (χ0n) is 20.9. The first-order valence-corrected chi connectivity index (χ1v) is 11.3. The molecule has 204 valence electrons. The van der Waals surface area contributed by atoms with Crippen molar-refractivity contribution < 1.29 is 33.4 Å². The van der Waals surface area contributed by atoms with Crippen molar-refractivity contribution in [2.45, 2.75) is 52.9 Å². The number of primary amides is 2. The van der Waals surface area contributed by atoms with Crippen molar-refractivity contribution in [2.24, 2.45) is 28.7 Å². The van der Waals surface area contributed by atoms with Crippen molar-refractivity contribution in [1.29, 1.82) is 0 Å². The number of alkyl carbamates (subject to hydrolysis) is 2. The summed E-state index contributed by atoms with van der Waals surface area (Å²) in [4.78, 5) is 41.7. The van der Waals surface area contributed by atoms with Gasteiger partial charge in [0.25, 0.3) is 0 Å². The average molecular weight is 498 g/mol. The van der Waals surface area contributed by atoms with Gasteiger partial charge in [0.05, 0.1) is 13.1 Å². The van der Waals surface area contributed by atoms with Gasteiger partial charge in [-0.25, -0.2) is 14.4 Å². The standard InChI is InChI=1S/C9H18N4O6.2C4H11N.C3H7NO/c10-1-4-18-8(15)13-3-6-19-9(16)12-2-5-17-7(11)14;2*1-2-3-4-5;1-2-3(4)5/h1-6,10H2,(H2,11,14)(H,12,16)(H,13,15);2*2-5H2,1H3;2H2,1H3,(H2,4,5). The highest BCUT2D eigenvalue weighted by atomic mass is 16.6. The minimum Gasteiger partial charge on any atom is -0.448 e. The van der Waals surface area contributed by atoms with Crippen LogP contribution < -0.4 is 39.3 Å². The highest BCUT2D eigenvalue weighted by molar-refractivity contribution is 5.73. The van der Waals surface area contributed by atoms with E-state index in [0.717, 1.165) is 13.1 Å². The van der Waals surface area contributed by atoms with Crippen molar-refractivity contribution in [3.8, 4) is 0 Å². The number of hydrogen-bond acceptors (Lipinski definition) is 10. The summed E-state index contributed by atoms with van der Waals surface area (Å²) in [6, 6.07) is 0. The Morgan fingerprint density at radius 3 is 1.29 bits per heavy atom. The van der Waals surface area contributed by atoms with Gasteiger partial charge in [-0.05, 0) is 25.9 Å². The first-order chi connectivity index (χ1) is 16.2. The number of ether oxygens (including phenoxy) is 3. The summed E-state index contributed by atoms with van der Waals surface area (Å²) in [5.74, 6) is -0.245. The van der Waals surface area contributed by atoms with Gasteiger partial charge < -0.3 is 53.5 Å². The summed E-state index contributed by atoms with van der Waals surface area (Å²) in [6.07, 6.45) is 2.96. The van der Waals surface area contributed by atoms with Crippen LogP contribution in [0.1, 0.15) is 52.9 Å². The number of nitrogens with one attached hydrogen (secondary N) is 2. The lowest BCUT2D eigenvalue weighted by atomic mass is 10.3. The number of amides is 4. The third kappa shape index (κ3) is 51.6. The summed E-state index contributed by atoms with van der Waals surface area (Å²) >= 11 is 0. The van der Waals surface area contributed by atoms with E-state index in [1.807, 2.05) is 0 Å². The minimum atomic E-state index is -0.921. The molecule has 12 N–H and O–H groups in total. The fourth-order valence-electron chi connectivity index (χ4n) is 1.26. The minimum absolute atomic E-state index is 0.0275. The molecule has 0 atom stereocenters. The molecule has 34 heavy (non-hydrogen) atoms. The highest BCUT2D eigenvalue weighted by Gasteiger charge is 2.03. The number of unbranched alkanes of at least 4 members (excludes halogenated alkanes) is 2. The molecule has 0 radical (unpaired) electrons. The van der Waals surface area contributed by atoms with E-state index in [1.54, 1.807) is 6.92 Å². The predicted octanol–water partition coefficient (Wildman–Crippen LogP) is -0.135. The van der Waals surface area contributed by atoms with Crippen LogP contribution in [0.4, 0.5) is 14.4 Å². The van der Waals surface area contributed by atoms with Gasteiger partial charge >= 0.3 is 18.3 Å². The van der Waals surface area contributed by atoms with Gasteiger partial charge in [-0.15, -0.1) is 0 Å². The van der Waals surface area contributed by atoms with Gasteiger partial charge in [-0.2, -0.15) is 0 Å². The molecule has 0 saturated carbocycles. The lowest BCUT2D eigenvalue weighted by molar-refractivity contribution is -0.117. The topological polar surface area (TPSA) is 250 Å². The summed E-state index contributed by atoms with van der Waals surface area (Å²) in [5.41, 5.74) is 24.8. The van der Waals surface area contributed by atoms with E-state index in [-0.39, 0.29) is 45.4 Å².